The zero-order valence-corrected chi connectivity index (χ0v) is 28.3. The van der Waals surface area contributed by atoms with Crippen molar-refractivity contribution >= 4 is 20.0 Å². The van der Waals surface area contributed by atoms with Crippen molar-refractivity contribution in [2.75, 3.05) is 39.9 Å². The van der Waals surface area contributed by atoms with Crippen molar-refractivity contribution in [3.63, 3.8) is 0 Å². The molecule has 3 heterocycles. The Morgan fingerprint density at radius 2 is 1.69 bits per heavy atom. The number of rotatable bonds is 12. The van der Waals surface area contributed by atoms with E-state index in [0.717, 1.165) is 16.7 Å². The van der Waals surface area contributed by atoms with Crippen LogP contribution in [0.2, 0.25) is 0 Å². The normalized spacial score (nSPS) is 19.0. The van der Waals surface area contributed by atoms with E-state index in [1.54, 1.807) is 37.3 Å². The van der Waals surface area contributed by atoms with E-state index in [0.29, 0.717) is 56.4 Å². The number of aliphatic hydroxyl groups excluding tert-OH is 1. The molecule has 0 bridgehead atoms. The highest BCUT2D eigenvalue weighted by Crippen LogP contribution is 2.38. The van der Waals surface area contributed by atoms with E-state index >= 15 is 0 Å². The Balaban J connectivity index is 0.992. The molecule has 0 amide bonds. The first kappa shape index (κ1) is 34.2. The van der Waals surface area contributed by atoms with Gasteiger partial charge < -0.3 is 24.4 Å². The maximum absolute atomic E-state index is 13.7. The lowest BCUT2D eigenvalue weighted by Crippen LogP contribution is -2.47. The Labute approximate surface area is 280 Å². The third-order valence-corrected chi connectivity index (χ3v) is 12.1. The third kappa shape index (κ3) is 7.62. The lowest BCUT2D eigenvalue weighted by molar-refractivity contribution is -0.0312. The van der Waals surface area contributed by atoms with Crippen LogP contribution in [0.4, 0.5) is 0 Å². The average Bonchev–Trinajstić information content (AvgIpc) is 3.72. The monoisotopic (exact) mass is 697 g/mol. The van der Waals surface area contributed by atoms with Gasteiger partial charge in [-0.05, 0) is 61.7 Å². The molecule has 6 rings (SSSR count). The second-order valence-electron chi connectivity index (χ2n) is 12.1. The highest BCUT2D eigenvalue weighted by atomic mass is 32.2. The number of sulfonamides is 2. The molecule has 13 nitrogen and oxygen atoms in total. The molecule has 1 spiro atoms. The molecule has 1 aromatic heterocycles. The van der Waals surface area contributed by atoms with Crippen molar-refractivity contribution in [1.82, 2.24) is 24.5 Å². The second-order valence-corrected chi connectivity index (χ2v) is 15.9. The van der Waals surface area contributed by atoms with Crippen LogP contribution in [-0.4, -0.2) is 94.0 Å². The zero-order chi connectivity index (χ0) is 33.9. The summed E-state index contributed by atoms with van der Waals surface area (Å²) in [6, 6.07) is 20.6. The van der Waals surface area contributed by atoms with Gasteiger partial charge in [0.1, 0.15) is 18.5 Å². The minimum Gasteiger partial charge on any atom is -0.491 e. The molecule has 0 aliphatic carbocycles. The molecule has 3 N–H and O–H groups in total. The number of nitrogens with one attached hydrogen (secondary N) is 2. The Morgan fingerprint density at radius 1 is 0.979 bits per heavy atom. The van der Waals surface area contributed by atoms with E-state index in [1.807, 2.05) is 30.3 Å². The molecule has 2 atom stereocenters. The molecule has 15 heteroatoms. The van der Waals surface area contributed by atoms with Gasteiger partial charge in [-0.2, -0.15) is 9.29 Å². The minimum atomic E-state index is -3.72. The average molecular weight is 698 g/mol. The topological polar surface area (TPSA) is 173 Å². The van der Waals surface area contributed by atoms with Gasteiger partial charge in [-0.15, -0.1) is 0 Å². The van der Waals surface area contributed by atoms with Crippen LogP contribution in [0.5, 0.6) is 5.75 Å². The number of ether oxygens (including phenoxy) is 2. The summed E-state index contributed by atoms with van der Waals surface area (Å²) in [7, 11) is -5.98. The second kappa shape index (κ2) is 14.0. The number of hydrogen-bond donors (Lipinski definition) is 3. The maximum atomic E-state index is 13.7. The fraction of sp³-hybridized carbons (Fsp3) is 0.394. The van der Waals surface area contributed by atoms with Gasteiger partial charge in [0, 0.05) is 44.2 Å². The number of benzene rings is 3. The van der Waals surface area contributed by atoms with Crippen molar-refractivity contribution in [2.45, 2.75) is 53.7 Å². The molecule has 2 saturated heterocycles. The lowest BCUT2D eigenvalue weighted by atomic mass is 9.88. The molecular formula is C33H39N5O8S2. The predicted octanol–water partition coefficient (Wildman–Crippen LogP) is 2.96. The van der Waals surface area contributed by atoms with E-state index in [1.165, 1.54) is 23.5 Å². The minimum absolute atomic E-state index is 0.000861. The van der Waals surface area contributed by atoms with Crippen molar-refractivity contribution in [3.8, 4) is 28.3 Å². The lowest BCUT2D eigenvalue weighted by Gasteiger charge is -2.38. The Hall–Kier alpha value is -3.70. The van der Waals surface area contributed by atoms with Crippen LogP contribution < -0.4 is 14.8 Å². The number of aromatic nitrogens is 2. The SMILES string of the molecule is CNS(=O)(=O)c1cccc(OC[C@@H](O)CNC2COC3(CCN(S(=O)(=O)c4cccc(-c5ccc(-c6noc(C)n6)cc5)c4)CC3)C2)c1. The van der Waals surface area contributed by atoms with Crippen LogP contribution in [0, 0.1) is 6.92 Å². The van der Waals surface area contributed by atoms with Crippen LogP contribution in [0.25, 0.3) is 22.5 Å². The highest BCUT2D eigenvalue weighted by molar-refractivity contribution is 7.89. The molecule has 3 aromatic carbocycles. The van der Waals surface area contributed by atoms with E-state index < -0.39 is 31.8 Å². The van der Waals surface area contributed by atoms with Gasteiger partial charge in [-0.25, -0.2) is 21.6 Å². The summed E-state index contributed by atoms with van der Waals surface area (Å²) >= 11 is 0. The maximum Gasteiger partial charge on any atom is 0.243 e. The van der Waals surface area contributed by atoms with Gasteiger partial charge in [0.15, 0.2) is 0 Å². The van der Waals surface area contributed by atoms with Crippen LogP contribution >= 0.6 is 0 Å². The smallest absolute Gasteiger partial charge is 0.243 e. The largest absolute Gasteiger partial charge is 0.491 e. The van der Waals surface area contributed by atoms with E-state index in [4.69, 9.17) is 14.0 Å². The van der Waals surface area contributed by atoms with Crippen molar-refractivity contribution in [1.29, 1.82) is 0 Å². The first-order valence-electron chi connectivity index (χ1n) is 15.7. The van der Waals surface area contributed by atoms with Gasteiger partial charge in [0.05, 0.1) is 22.0 Å². The Bertz CT molecular complexity index is 1940. The number of aliphatic hydroxyl groups is 1. The summed E-state index contributed by atoms with van der Waals surface area (Å²) < 4.78 is 72.1. The first-order valence-corrected chi connectivity index (χ1v) is 18.6. The zero-order valence-electron chi connectivity index (χ0n) is 26.7. The van der Waals surface area contributed by atoms with Crippen LogP contribution in [0.15, 0.2) is 87.1 Å². The molecular weight excluding hydrogens is 659 g/mol. The van der Waals surface area contributed by atoms with Gasteiger partial charge >= 0.3 is 0 Å². The summed E-state index contributed by atoms with van der Waals surface area (Å²) in [5, 5.41) is 17.8. The molecule has 0 saturated carbocycles. The first-order chi connectivity index (χ1) is 23.0. The van der Waals surface area contributed by atoms with E-state index in [2.05, 4.69) is 20.2 Å². The predicted molar refractivity (Wildman–Crippen MR) is 177 cm³/mol. The third-order valence-electron chi connectivity index (χ3n) is 8.79. The highest BCUT2D eigenvalue weighted by Gasteiger charge is 2.44. The molecule has 2 aliphatic heterocycles. The molecule has 4 aromatic rings. The van der Waals surface area contributed by atoms with Gasteiger partial charge in [0.2, 0.25) is 31.8 Å². The molecule has 48 heavy (non-hydrogen) atoms. The summed E-state index contributed by atoms with van der Waals surface area (Å²) in [6.45, 7) is 3.11. The van der Waals surface area contributed by atoms with Gasteiger partial charge in [-0.1, -0.05) is 47.6 Å². The van der Waals surface area contributed by atoms with Crippen LogP contribution in [0.1, 0.15) is 25.2 Å². The number of piperidine rings is 1. The molecule has 1 unspecified atom stereocenters. The Morgan fingerprint density at radius 3 is 2.40 bits per heavy atom. The fourth-order valence-electron chi connectivity index (χ4n) is 6.07. The Kier molecular flexibility index (Phi) is 9.99. The summed E-state index contributed by atoms with van der Waals surface area (Å²) in [4.78, 5) is 4.57. The quantitative estimate of drug-likeness (QED) is 0.199. The molecule has 256 valence electrons. The summed E-state index contributed by atoms with van der Waals surface area (Å²) in [5.41, 5.74) is 2.04. The molecule has 0 radical (unpaired) electrons. The number of hydrogen-bond acceptors (Lipinski definition) is 11. The molecule has 2 fully saturated rings. The van der Waals surface area contributed by atoms with Crippen molar-refractivity contribution < 1.29 is 35.9 Å². The van der Waals surface area contributed by atoms with E-state index in [9.17, 15) is 21.9 Å². The summed E-state index contributed by atoms with van der Waals surface area (Å²) in [6.07, 6.45) is 1.01. The number of aryl methyl sites for hydroxylation is 1. The van der Waals surface area contributed by atoms with Crippen LogP contribution in [-0.2, 0) is 24.8 Å². The standard InChI is InChI=1S/C33H39N5O8S2/c1-23-36-32(37-46-23)25-11-9-24(10-12-25)26-5-3-8-31(17-26)48(42,43)38-15-13-33(14-16-38)19-27(21-45-33)35-20-28(39)22-44-29-6-4-7-30(18-29)47(40,41)34-2/h3-12,17-18,27-28,34-35,39H,13-16,19-22H2,1-2H3/t27?,28-/m0/s1. The van der Waals surface area contributed by atoms with Gasteiger partial charge in [0.25, 0.3) is 0 Å². The fourth-order valence-corrected chi connectivity index (χ4v) is 8.33. The van der Waals surface area contributed by atoms with E-state index in [-0.39, 0.29) is 29.0 Å². The summed E-state index contributed by atoms with van der Waals surface area (Å²) in [5.74, 6) is 1.32. The molecule has 2 aliphatic rings. The number of nitrogens with zero attached hydrogens (tertiary/aromatic N) is 3. The van der Waals surface area contributed by atoms with Crippen LogP contribution in [0.3, 0.4) is 0 Å². The van der Waals surface area contributed by atoms with Gasteiger partial charge in [-0.3, -0.25) is 0 Å². The van der Waals surface area contributed by atoms with Crippen molar-refractivity contribution in [3.05, 3.63) is 78.7 Å². The van der Waals surface area contributed by atoms with Crippen molar-refractivity contribution in [2.24, 2.45) is 0 Å².